The maximum Gasteiger partial charge on any atom is 0.183 e. The second-order valence-electron chi connectivity index (χ2n) is 7.16. The average molecular weight is 360 g/mol. The molecule has 1 heterocycles. The fourth-order valence-electron chi connectivity index (χ4n) is 3.41. The molecule has 0 bridgehead atoms. The van der Waals surface area contributed by atoms with Crippen LogP contribution in [-0.2, 0) is 0 Å². The minimum atomic E-state index is 0.548. The smallest absolute Gasteiger partial charge is 0.183 e. The summed E-state index contributed by atoms with van der Waals surface area (Å²) in [4.78, 5) is 4.78. The summed E-state index contributed by atoms with van der Waals surface area (Å²) in [6.45, 7) is 5.59. The molecule has 1 aliphatic rings. The lowest BCUT2D eigenvalue weighted by Gasteiger charge is -2.29. The van der Waals surface area contributed by atoms with Crippen LogP contribution in [0.15, 0.2) is 29.6 Å². The number of anilines is 1. The second kappa shape index (κ2) is 8.68. The molecule has 2 aromatic rings. The van der Waals surface area contributed by atoms with Crippen LogP contribution < -0.4 is 15.4 Å². The minimum Gasteiger partial charge on any atom is -0.496 e. The Morgan fingerprint density at radius 2 is 1.96 bits per heavy atom. The van der Waals surface area contributed by atoms with Crippen molar-refractivity contribution in [1.29, 1.82) is 0 Å². The number of hydrogen-bond acceptors (Lipinski definition) is 5. The molecular formula is C20H29N3OS. The van der Waals surface area contributed by atoms with Crippen LogP contribution in [0.5, 0.6) is 5.75 Å². The van der Waals surface area contributed by atoms with Crippen LogP contribution in [0.25, 0.3) is 11.3 Å². The van der Waals surface area contributed by atoms with Crippen molar-refractivity contribution >= 4 is 16.5 Å². The number of ether oxygens (including phenoxy) is 1. The van der Waals surface area contributed by atoms with Gasteiger partial charge in [-0.15, -0.1) is 11.3 Å². The normalized spacial score (nSPS) is 20.6. The summed E-state index contributed by atoms with van der Waals surface area (Å²) in [5, 5.41) is 10.3. The number of methoxy groups -OCH3 is 1. The van der Waals surface area contributed by atoms with Crippen molar-refractivity contribution < 1.29 is 4.74 Å². The van der Waals surface area contributed by atoms with E-state index in [0.717, 1.165) is 34.6 Å². The lowest BCUT2D eigenvalue weighted by Crippen LogP contribution is -2.33. The minimum absolute atomic E-state index is 0.548. The van der Waals surface area contributed by atoms with E-state index in [4.69, 9.17) is 9.72 Å². The summed E-state index contributed by atoms with van der Waals surface area (Å²) in [6.07, 6.45) is 5.05. The molecule has 5 heteroatoms. The van der Waals surface area contributed by atoms with Gasteiger partial charge in [0.05, 0.1) is 12.8 Å². The quantitative estimate of drug-likeness (QED) is 0.746. The topological polar surface area (TPSA) is 46.2 Å². The highest BCUT2D eigenvalue weighted by molar-refractivity contribution is 7.14. The lowest BCUT2D eigenvalue weighted by atomic mass is 9.86. The molecule has 1 saturated carbocycles. The third-order valence-corrected chi connectivity index (χ3v) is 5.65. The van der Waals surface area contributed by atoms with Gasteiger partial charge in [-0.1, -0.05) is 26.0 Å². The third-order valence-electron chi connectivity index (χ3n) is 4.88. The van der Waals surface area contributed by atoms with E-state index in [-0.39, 0.29) is 0 Å². The van der Waals surface area contributed by atoms with Crippen molar-refractivity contribution in [2.24, 2.45) is 5.92 Å². The van der Waals surface area contributed by atoms with Gasteiger partial charge in [0.15, 0.2) is 5.13 Å². The van der Waals surface area contributed by atoms with Crippen molar-refractivity contribution in [3.05, 3.63) is 29.6 Å². The van der Waals surface area contributed by atoms with Crippen molar-refractivity contribution in [1.82, 2.24) is 10.3 Å². The molecule has 1 aliphatic carbocycles. The lowest BCUT2D eigenvalue weighted by molar-refractivity contribution is 0.317. The maximum absolute atomic E-state index is 5.45. The number of para-hydroxylation sites is 1. The molecule has 0 amide bonds. The highest BCUT2D eigenvalue weighted by Gasteiger charge is 2.22. The zero-order chi connectivity index (χ0) is 17.6. The fourth-order valence-corrected chi connectivity index (χ4v) is 4.20. The van der Waals surface area contributed by atoms with Gasteiger partial charge in [-0.2, -0.15) is 0 Å². The van der Waals surface area contributed by atoms with E-state index >= 15 is 0 Å². The molecule has 0 aliphatic heterocycles. The number of hydrogen-bond donors (Lipinski definition) is 2. The number of aromatic nitrogens is 1. The first-order valence-corrected chi connectivity index (χ1v) is 10.1. The van der Waals surface area contributed by atoms with Gasteiger partial charge in [0, 0.05) is 23.0 Å². The first-order valence-electron chi connectivity index (χ1n) is 9.24. The highest BCUT2D eigenvalue weighted by atomic mass is 32.1. The van der Waals surface area contributed by atoms with Crippen molar-refractivity contribution in [2.45, 2.75) is 51.6 Å². The first-order chi connectivity index (χ1) is 12.2. The summed E-state index contributed by atoms with van der Waals surface area (Å²) in [5.74, 6) is 1.69. The molecule has 0 spiro atoms. The van der Waals surface area contributed by atoms with Crippen LogP contribution in [0.4, 0.5) is 5.13 Å². The van der Waals surface area contributed by atoms with Crippen molar-refractivity contribution in [2.75, 3.05) is 19.0 Å². The Morgan fingerprint density at radius 1 is 1.20 bits per heavy atom. The predicted molar refractivity (Wildman–Crippen MR) is 107 cm³/mol. The summed E-state index contributed by atoms with van der Waals surface area (Å²) in [7, 11) is 1.71. The summed E-state index contributed by atoms with van der Waals surface area (Å²) in [6, 6.07) is 9.18. The molecular weight excluding hydrogens is 330 g/mol. The van der Waals surface area contributed by atoms with Crippen LogP contribution in [0.3, 0.4) is 0 Å². The van der Waals surface area contributed by atoms with Gasteiger partial charge in [0.2, 0.25) is 0 Å². The fraction of sp³-hybridized carbons (Fsp3) is 0.550. The molecule has 1 aromatic carbocycles. The van der Waals surface area contributed by atoms with Gasteiger partial charge in [-0.3, -0.25) is 0 Å². The van der Waals surface area contributed by atoms with Gasteiger partial charge < -0.3 is 15.4 Å². The molecule has 0 unspecified atom stereocenters. The number of nitrogens with zero attached hydrogens (tertiary/aromatic N) is 1. The highest BCUT2D eigenvalue weighted by Crippen LogP contribution is 2.33. The summed E-state index contributed by atoms with van der Waals surface area (Å²) in [5.41, 5.74) is 2.04. The van der Waals surface area contributed by atoms with E-state index in [1.165, 1.54) is 25.7 Å². The van der Waals surface area contributed by atoms with Crippen LogP contribution in [0, 0.1) is 5.92 Å². The Labute approximate surface area is 155 Å². The van der Waals surface area contributed by atoms with Crippen molar-refractivity contribution in [3.63, 3.8) is 0 Å². The van der Waals surface area contributed by atoms with Crippen molar-refractivity contribution in [3.8, 4) is 17.0 Å². The number of nitrogens with one attached hydrogen (secondary N) is 2. The number of thiazole rings is 1. The molecule has 0 saturated heterocycles. The number of rotatable bonds is 7. The van der Waals surface area contributed by atoms with E-state index in [1.54, 1.807) is 18.4 Å². The second-order valence-corrected chi connectivity index (χ2v) is 8.02. The average Bonchev–Trinajstić information content (AvgIpc) is 3.09. The van der Waals surface area contributed by atoms with Gasteiger partial charge in [0.25, 0.3) is 0 Å². The Kier molecular flexibility index (Phi) is 6.32. The Bertz CT molecular complexity index is 662. The molecule has 2 N–H and O–H groups in total. The molecule has 3 rings (SSSR count). The van der Waals surface area contributed by atoms with E-state index in [1.807, 2.05) is 18.2 Å². The molecule has 1 aromatic heterocycles. The van der Waals surface area contributed by atoms with Gasteiger partial charge in [0.1, 0.15) is 5.75 Å². The van der Waals surface area contributed by atoms with Crippen LogP contribution >= 0.6 is 11.3 Å². The zero-order valence-electron chi connectivity index (χ0n) is 15.4. The maximum atomic E-state index is 5.45. The predicted octanol–water partition coefficient (Wildman–Crippen LogP) is 4.79. The van der Waals surface area contributed by atoms with Gasteiger partial charge in [-0.25, -0.2) is 4.98 Å². The molecule has 25 heavy (non-hydrogen) atoms. The summed E-state index contributed by atoms with van der Waals surface area (Å²) >= 11 is 1.68. The number of benzene rings is 1. The molecule has 136 valence electrons. The van der Waals surface area contributed by atoms with E-state index in [9.17, 15) is 0 Å². The standard InChI is InChI=1S/C20H29N3OS/c1-14(2)21-12-15-8-10-16(11-9-15)22-20-23-18(13-25-20)17-6-4-5-7-19(17)24-3/h4-7,13-16,21H,8-12H2,1-3H3,(H,22,23). The largest absolute Gasteiger partial charge is 0.496 e. The zero-order valence-corrected chi connectivity index (χ0v) is 16.2. The van der Waals surface area contributed by atoms with E-state index in [2.05, 4.69) is 35.9 Å². The molecule has 0 radical (unpaired) electrons. The van der Waals surface area contributed by atoms with E-state index in [0.29, 0.717) is 12.1 Å². The first kappa shape index (κ1) is 18.2. The van der Waals surface area contributed by atoms with Crippen LogP contribution in [-0.4, -0.2) is 30.7 Å². The molecule has 1 fully saturated rings. The van der Waals surface area contributed by atoms with Gasteiger partial charge >= 0.3 is 0 Å². The Morgan fingerprint density at radius 3 is 2.68 bits per heavy atom. The van der Waals surface area contributed by atoms with Crippen LogP contribution in [0.1, 0.15) is 39.5 Å². The Balaban J connectivity index is 1.54. The monoisotopic (exact) mass is 359 g/mol. The van der Waals surface area contributed by atoms with Gasteiger partial charge in [-0.05, 0) is 50.3 Å². The van der Waals surface area contributed by atoms with Crippen LogP contribution in [0.2, 0.25) is 0 Å². The third kappa shape index (κ3) is 4.95. The van der Waals surface area contributed by atoms with E-state index < -0.39 is 0 Å². The molecule has 0 atom stereocenters. The SMILES string of the molecule is COc1ccccc1-c1csc(NC2CCC(CNC(C)C)CC2)n1. The Hall–Kier alpha value is -1.59. The summed E-state index contributed by atoms with van der Waals surface area (Å²) < 4.78 is 5.45. The molecule has 4 nitrogen and oxygen atoms in total.